The highest BCUT2D eigenvalue weighted by molar-refractivity contribution is 5.70. The van der Waals surface area contributed by atoms with E-state index in [2.05, 4.69) is 4.74 Å². The maximum Gasteiger partial charge on any atom is 0.306 e. The highest BCUT2D eigenvalue weighted by atomic mass is 16.5. The Bertz CT molecular complexity index is 330. The fourth-order valence-corrected chi connectivity index (χ4v) is 1.67. The highest BCUT2D eigenvalue weighted by Crippen LogP contribution is 2.23. The summed E-state index contributed by atoms with van der Waals surface area (Å²) in [5.41, 5.74) is 2.26. The van der Waals surface area contributed by atoms with Crippen molar-refractivity contribution in [3.05, 3.63) is 35.4 Å². The first kappa shape index (κ1) is 12.7. The number of methoxy groups -OCH3 is 1. The van der Waals surface area contributed by atoms with Gasteiger partial charge in [-0.15, -0.1) is 0 Å². The number of benzene rings is 1. The molecule has 0 fully saturated rings. The van der Waals surface area contributed by atoms with Crippen molar-refractivity contribution in [2.75, 3.05) is 13.7 Å². The Hall–Kier alpha value is -1.35. The fraction of sp³-hybridized carbons (Fsp3) is 0.462. The quantitative estimate of drug-likeness (QED) is 0.775. The monoisotopic (exact) mass is 222 g/mol. The predicted molar refractivity (Wildman–Crippen MR) is 62.3 cm³/mol. The minimum Gasteiger partial charge on any atom is -0.469 e. The van der Waals surface area contributed by atoms with Gasteiger partial charge in [-0.05, 0) is 24.8 Å². The van der Waals surface area contributed by atoms with Gasteiger partial charge in [0.1, 0.15) is 0 Å². The summed E-state index contributed by atoms with van der Waals surface area (Å²) in [6.07, 6.45) is 0.901. The summed E-state index contributed by atoms with van der Waals surface area (Å²) in [7, 11) is 1.38. The second-order valence-corrected chi connectivity index (χ2v) is 3.90. The lowest BCUT2D eigenvalue weighted by atomic mass is 9.92. The van der Waals surface area contributed by atoms with Crippen LogP contribution in [0, 0.1) is 6.92 Å². The third-order valence-electron chi connectivity index (χ3n) is 2.67. The summed E-state index contributed by atoms with van der Waals surface area (Å²) in [5.74, 6) is -0.197. The number of carbonyl (C=O) groups excluding carboxylic acids is 1. The van der Waals surface area contributed by atoms with Crippen LogP contribution in [0.2, 0.25) is 0 Å². The second-order valence-electron chi connectivity index (χ2n) is 3.90. The van der Waals surface area contributed by atoms with E-state index in [1.807, 2.05) is 31.2 Å². The van der Waals surface area contributed by atoms with Crippen LogP contribution in [0.5, 0.6) is 0 Å². The third-order valence-corrected chi connectivity index (χ3v) is 2.67. The topological polar surface area (TPSA) is 46.5 Å². The van der Waals surface area contributed by atoms with Crippen LogP contribution < -0.4 is 0 Å². The van der Waals surface area contributed by atoms with Crippen LogP contribution in [0.1, 0.15) is 29.9 Å². The molecule has 0 bridgehead atoms. The molecule has 0 aliphatic carbocycles. The molecule has 0 unspecified atom stereocenters. The van der Waals surface area contributed by atoms with Gasteiger partial charge in [0, 0.05) is 6.61 Å². The minimum atomic E-state index is -0.237. The molecule has 16 heavy (non-hydrogen) atoms. The maximum absolute atomic E-state index is 11.2. The molecule has 88 valence electrons. The van der Waals surface area contributed by atoms with Crippen LogP contribution in [0.25, 0.3) is 0 Å². The Balaban J connectivity index is 2.76. The summed E-state index contributed by atoms with van der Waals surface area (Å²) in [6, 6.07) is 8.02. The zero-order valence-electron chi connectivity index (χ0n) is 9.77. The number of esters is 1. The molecule has 1 aromatic carbocycles. The summed E-state index contributed by atoms with van der Waals surface area (Å²) in [4.78, 5) is 11.2. The first-order valence-corrected chi connectivity index (χ1v) is 5.41. The number of hydrogen-bond donors (Lipinski definition) is 1. The molecule has 1 rings (SSSR count). The average Bonchev–Trinajstić information content (AvgIpc) is 2.29. The van der Waals surface area contributed by atoms with E-state index in [9.17, 15) is 4.79 Å². The number of aliphatic hydroxyl groups excluding tert-OH is 1. The van der Waals surface area contributed by atoms with E-state index in [1.54, 1.807) is 0 Å². The summed E-state index contributed by atoms with van der Waals surface area (Å²) < 4.78 is 4.65. The highest BCUT2D eigenvalue weighted by Gasteiger charge is 2.15. The Morgan fingerprint density at radius 2 is 2.00 bits per heavy atom. The van der Waals surface area contributed by atoms with Gasteiger partial charge in [0.15, 0.2) is 0 Å². The normalized spacial score (nSPS) is 12.2. The predicted octanol–water partition coefficient (Wildman–Crippen LogP) is 2.02. The molecular weight excluding hydrogens is 204 g/mol. The van der Waals surface area contributed by atoms with E-state index < -0.39 is 0 Å². The van der Waals surface area contributed by atoms with Crippen LogP contribution in [-0.2, 0) is 9.53 Å². The number of hydrogen-bond acceptors (Lipinski definition) is 3. The van der Waals surface area contributed by atoms with Crippen LogP contribution >= 0.6 is 0 Å². The Morgan fingerprint density at radius 3 is 2.50 bits per heavy atom. The van der Waals surface area contributed by atoms with Crippen molar-refractivity contribution in [1.29, 1.82) is 0 Å². The van der Waals surface area contributed by atoms with Gasteiger partial charge in [0.05, 0.1) is 13.5 Å². The van der Waals surface area contributed by atoms with Gasteiger partial charge in [-0.3, -0.25) is 4.79 Å². The molecule has 1 atom stereocenters. The molecule has 0 radical (unpaired) electrons. The molecule has 3 heteroatoms. The number of ether oxygens (including phenoxy) is 1. The smallest absolute Gasteiger partial charge is 0.306 e. The summed E-state index contributed by atoms with van der Waals surface area (Å²) in [5, 5.41) is 8.99. The minimum absolute atomic E-state index is 0.0399. The van der Waals surface area contributed by atoms with Crippen molar-refractivity contribution in [3.63, 3.8) is 0 Å². The maximum atomic E-state index is 11.2. The van der Waals surface area contributed by atoms with Crippen molar-refractivity contribution < 1.29 is 14.6 Å². The fourth-order valence-electron chi connectivity index (χ4n) is 1.67. The van der Waals surface area contributed by atoms with Crippen molar-refractivity contribution in [1.82, 2.24) is 0 Å². The van der Waals surface area contributed by atoms with Gasteiger partial charge in [-0.25, -0.2) is 0 Å². The van der Waals surface area contributed by atoms with Gasteiger partial charge < -0.3 is 9.84 Å². The molecule has 1 aromatic rings. The lowest BCUT2D eigenvalue weighted by Gasteiger charge is -2.15. The molecule has 0 heterocycles. The van der Waals surface area contributed by atoms with Gasteiger partial charge in [-0.1, -0.05) is 29.8 Å². The molecule has 1 N–H and O–H groups in total. The van der Waals surface area contributed by atoms with Crippen LogP contribution in [-0.4, -0.2) is 24.8 Å². The molecular formula is C13H18O3. The van der Waals surface area contributed by atoms with Gasteiger partial charge in [-0.2, -0.15) is 0 Å². The van der Waals surface area contributed by atoms with E-state index in [0.717, 1.165) is 5.56 Å². The molecule has 0 aliphatic heterocycles. The summed E-state index contributed by atoms with van der Waals surface area (Å²) >= 11 is 0. The van der Waals surface area contributed by atoms with E-state index in [4.69, 9.17) is 5.11 Å². The lowest BCUT2D eigenvalue weighted by Crippen LogP contribution is -2.10. The first-order chi connectivity index (χ1) is 7.67. The van der Waals surface area contributed by atoms with Crippen LogP contribution in [0.15, 0.2) is 24.3 Å². The number of aryl methyl sites for hydroxylation is 1. The number of rotatable bonds is 5. The van der Waals surface area contributed by atoms with Gasteiger partial charge in [0.25, 0.3) is 0 Å². The van der Waals surface area contributed by atoms with Crippen molar-refractivity contribution in [2.45, 2.75) is 25.7 Å². The van der Waals surface area contributed by atoms with Gasteiger partial charge in [0.2, 0.25) is 0 Å². The van der Waals surface area contributed by atoms with Crippen molar-refractivity contribution in [2.24, 2.45) is 0 Å². The van der Waals surface area contributed by atoms with Crippen LogP contribution in [0.4, 0.5) is 0 Å². The van der Waals surface area contributed by atoms with Crippen molar-refractivity contribution in [3.8, 4) is 0 Å². The molecule has 0 saturated carbocycles. The standard InChI is InChI=1S/C13H18O3/c1-10-3-5-11(6-4-10)12(7-8-14)9-13(15)16-2/h3-6,12,14H,7-9H2,1-2H3/t12-/m1/s1. The zero-order chi connectivity index (χ0) is 12.0. The third kappa shape index (κ3) is 3.66. The molecule has 0 aromatic heterocycles. The number of aliphatic hydroxyl groups is 1. The van der Waals surface area contributed by atoms with E-state index in [0.29, 0.717) is 12.8 Å². The van der Waals surface area contributed by atoms with Gasteiger partial charge >= 0.3 is 5.97 Å². The molecule has 0 aliphatic rings. The SMILES string of the molecule is COC(=O)C[C@@H](CCO)c1ccc(C)cc1. The summed E-state index contributed by atoms with van der Waals surface area (Å²) in [6.45, 7) is 2.10. The van der Waals surface area contributed by atoms with Crippen LogP contribution in [0.3, 0.4) is 0 Å². The van der Waals surface area contributed by atoms with E-state index >= 15 is 0 Å². The van der Waals surface area contributed by atoms with Crippen molar-refractivity contribution >= 4 is 5.97 Å². The number of carbonyl (C=O) groups is 1. The zero-order valence-corrected chi connectivity index (χ0v) is 9.77. The largest absolute Gasteiger partial charge is 0.469 e. The first-order valence-electron chi connectivity index (χ1n) is 5.41. The average molecular weight is 222 g/mol. The lowest BCUT2D eigenvalue weighted by molar-refractivity contribution is -0.141. The Kier molecular flexibility index (Phi) is 4.99. The molecule has 3 nitrogen and oxygen atoms in total. The Labute approximate surface area is 96.1 Å². The van der Waals surface area contributed by atoms with E-state index in [-0.39, 0.29) is 18.5 Å². The Morgan fingerprint density at radius 1 is 1.38 bits per heavy atom. The molecule has 0 amide bonds. The second kappa shape index (κ2) is 6.28. The van der Waals surface area contributed by atoms with E-state index in [1.165, 1.54) is 12.7 Å². The molecule has 0 saturated heterocycles. The molecule has 0 spiro atoms.